The summed E-state index contributed by atoms with van der Waals surface area (Å²) in [5, 5.41) is 8.95. The zero-order valence-electron chi connectivity index (χ0n) is 11.0. The first-order valence-electron chi connectivity index (χ1n) is 5.87. The number of rotatable bonds is 6. The SMILES string of the molecule is CC(C)OCCN(C)c1cc(C(=O)O)ccc1N. The van der Waals surface area contributed by atoms with Crippen LogP contribution in [0.4, 0.5) is 11.4 Å². The van der Waals surface area contributed by atoms with E-state index in [0.29, 0.717) is 24.5 Å². The molecule has 0 unspecified atom stereocenters. The molecule has 1 rings (SSSR count). The third kappa shape index (κ3) is 3.92. The molecular formula is C13H20N2O3. The summed E-state index contributed by atoms with van der Waals surface area (Å²) in [4.78, 5) is 12.8. The number of ether oxygens (including phenoxy) is 1. The summed E-state index contributed by atoms with van der Waals surface area (Å²) < 4.78 is 5.45. The predicted molar refractivity (Wildman–Crippen MR) is 72.2 cm³/mol. The maximum atomic E-state index is 10.9. The molecule has 0 aliphatic rings. The zero-order chi connectivity index (χ0) is 13.7. The van der Waals surface area contributed by atoms with Crippen LogP contribution in [0.25, 0.3) is 0 Å². The summed E-state index contributed by atoms with van der Waals surface area (Å²) in [5.74, 6) is -0.955. The number of carboxylic acid groups (broad SMARTS) is 1. The van der Waals surface area contributed by atoms with Gasteiger partial charge in [-0.2, -0.15) is 0 Å². The number of nitrogens with zero attached hydrogens (tertiary/aromatic N) is 1. The fourth-order valence-electron chi connectivity index (χ4n) is 1.55. The molecule has 1 aromatic rings. The van der Waals surface area contributed by atoms with Crippen molar-refractivity contribution in [3.63, 3.8) is 0 Å². The van der Waals surface area contributed by atoms with E-state index in [4.69, 9.17) is 15.6 Å². The minimum Gasteiger partial charge on any atom is -0.478 e. The van der Waals surface area contributed by atoms with Gasteiger partial charge in [0.2, 0.25) is 0 Å². The first kappa shape index (κ1) is 14.3. The molecule has 100 valence electrons. The Morgan fingerprint density at radius 1 is 1.50 bits per heavy atom. The summed E-state index contributed by atoms with van der Waals surface area (Å²) >= 11 is 0. The Bertz CT molecular complexity index is 419. The van der Waals surface area contributed by atoms with Gasteiger partial charge in [-0.05, 0) is 32.0 Å². The molecule has 3 N–H and O–H groups in total. The first-order valence-corrected chi connectivity index (χ1v) is 5.87. The molecule has 0 fully saturated rings. The van der Waals surface area contributed by atoms with Crippen LogP contribution in [0.5, 0.6) is 0 Å². The van der Waals surface area contributed by atoms with E-state index in [1.807, 2.05) is 25.8 Å². The van der Waals surface area contributed by atoms with Crippen molar-refractivity contribution >= 4 is 17.3 Å². The molecule has 0 heterocycles. The van der Waals surface area contributed by atoms with E-state index in [0.717, 1.165) is 0 Å². The Hall–Kier alpha value is -1.75. The Morgan fingerprint density at radius 2 is 2.17 bits per heavy atom. The molecule has 0 saturated carbocycles. The molecule has 0 spiro atoms. The van der Waals surface area contributed by atoms with Crippen LogP contribution in [0.1, 0.15) is 24.2 Å². The Balaban J connectivity index is 2.74. The van der Waals surface area contributed by atoms with E-state index in [1.165, 1.54) is 6.07 Å². The molecule has 0 atom stereocenters. The number of likely N-dealkylation sites (N-methyl/N-ethyl adjacent to an activating group) is 1. The molecule has 5 heteroatoms. The van der Waals surface area contributed by atoms with Crippen molar-refractivity contribution in [3.8, 4) is 0 Å². The van der Waals surface area contributed by atoms with Crippen molar-refractivity contribution in [1.82, 2.24) is 0 Å². The van der Waals surface area contributed by atoms with Crippen molar-refractivity contribution in [2.75, 3.05) is 30.8 Å². The average Bonchev–Trinajstić information content (AvgIpc) is 2.28. The van der Waals surface area contributed by atoms with Gasteiger partial charge in [-0.1, -0.05) is 0 Å². The monoisotopic (exact) mass is 252 g/mol. The fourth-order valence-corrected chi connectivity index (χ4v) is 1.55. The summed E-state index contributed by atoms with van der Waals surface area (Å²) in [5.41, 5.74) is 7.35. The van der Waals surface area contributed by atoms with Crippen molar-refractivity contribution in [2.45, 2.75) is 20.0 Å². The van der Waals surface area contributed by atoms with E-state index in [9.17, 15) is 4.79 Å². The van der Waals surface area contributed by atoms with Crippen molar-refractivity contribution in [2.24, 2.45) is 0 Å². The van der Waals surface area contributed by atoms with E-state index < -0.39 is 5.97 Å². The van der Waals surface area contributed by atoms with Gasteiger partial charge in [-0.25, -0.2) is 4.79 Å². The van der Waals surface area contributed by atoms with Crippen molar-refractivity contribution < 1.29 is 14.6 Å². The molecule has 0 bridgehead atoms. The highest BCUT2D eigenvalue weighted by Gasteiger charge is 2.10. The van der Waals surface area contributed by atoms with Gasteiger partial charge in [0.1, 0.15) is 0 Å². The summed E-state index contributed by atoms with van der Waals surface area (Å²) in [6.45, 7) is 5.18. The van der Waals surface area contributed by atoms with Crippen LogP contribution in [0.15, 0.2) is 18.2 Å². The van der Waals surface area contributed by atoms with Gasteiger partial charge < -0.3 is 20.5 Å². The van der Waals surface area contributed by atoms with Gasteiger partial charge in [0.25, 0.3) is 0 Å². The second-order valence-electron chi connectivity index (χ2n) is 4.42. The number of anilines is 2. The summed E-state index contributed by atoms with van der Waals surface area (Å²) in [7, 11) is 1.86. The predicted octanol–water partition coefficient (Wildman–Crippen LogP) is 1.83. The third-order valence-electron chi connectivity index (χ3n) is 2.57. The van der Waals surface area contributed by atoms with Crippen LogP contribution in [-0.2, 0) is 4.74 Å². The first-order chi connectivity index (χ1) is 8.41. The molecule has 1 aromatic carbocycles. The average molecular weight is 252 g/mol. The highest BCUT2D eigenvalue weighted by Crippen LogP contribution is 2.23. The smallest absolute Gasteiger partial charge is 0.335 e. The third-order valence-corrected chi connectivity index (χ3v) is 2.57. The highest BCUT2D eigenvalue weighted by atomic mass is 16.5. The lowest BCUT2D eigenvalue weighted by Gasteiger charge is -2.22. The molecule has 0 radical (unpaired) electrons. The molecule has 0 aromatic heterocycles. The number of nitrogens with two attached hydrogens (primary N) is 1. The second-order valence-corrected chi connectivity index (χ2v) is 4.42. The van der Waals surface area contributed by atoms with Gasteiger partial charge in [0, 0.05) is 13.6 Å². The van der Waals surface area contributed by atoms with Gasteiger partial charge in [0.05, 0.1) is 29.6 Å². The molecule has 0 saturated heterocycles. The minimum absolute atomic E-state index is 0.182. The molecule has 5 nitrogen and oxygen atoms in total. The summed E-state index contributed by atoms with van der Waals surface area (Å²) in [6, 6.07) is 4.69. The zero-order valence-corrected chi connectivity index (χ0v) is 11.0. The van der Waals surface area contributed by atoms with Crippen molar-refractivity contribution in [3.05, 3.63) is 23.8 Å². The van der Waals surface area contributed by atoms with Crippen LogP contribution in [0.2, 0.25) is 0 Å². The topological polar surface area (TPSA) is 75.8 Å². The molecular weight excluding hydrogens is 232 g/mol. The Morgan fingerprint density at radius 3 is 2.72 bits per heavy atom. The maximum absolute atomic E-state index is 10.9. The second kappa shape index (κ2) is 6.26. The molecule has 18 heavy (non-hydrogen) atoms. The normalized spacial score (nSPS) is 10.7. The van der Waals surface area contributed by atoms with E-state index in [2.05, 4.69) is 0 Å². The Labute approximate surface area is 107 Å². The highest BCUT2D eigenvalue weighted by molar-refractivity contribution is 5.90. The van der Waals surface area contributed by atoms with Crippen LogP contribution in [0, 0.1) is 0 Å². The number of carbonyl (C=O) groups is 1. The van der Waals surface area contributed by atoms with Gasteiger partial charge >= 0.3 is 5.97 Å². The number of benzene rings is 1. The largest absolute Gasteiger partial charge is 0.478 e. The minimum atomic E-state index is -0.955. The number of aromatic carboxylic acids is 1. The lowest BCUT2D eigenvalue weighted by atomic mass is 10.1. The van der Waals surface area contributed by atoms with Gasteiger partial charge in [-0.3, -0.25) is 0 Å². The quantitative estimate of drug-likeness (QED) is 0.755. The number of carboxylic acids is 1. The summed E-state index contributed by atoms with van der Waals surface area (Å²) in [6.07, 6.45) is 0.182. The number of hydrogen-bond donors (Lipinski definition) is 2. The Kier molecular flexibility index (Phi) is 4.97. The molecule has 0 amide bonds. The number of hydrogen-bond acceptors (Lipinski definition) is 4. The van der Waals surface area contributed by atoms with Crippen LogP contribution >= 0.6 is 0 Å². The lowest BCUT2D eigenvalue weighted by molar-refractivity contribution is 0.0697. The van der Waals surface area contributed by atoms with E-state index >= 15 is 0 Å². The van der Waals surface area contributed by atoms with Crippen LogP contribution < -0.4 is 10.6 Å². The molecule has 0 aliphatic carbocycles. The van der Waals surface area contributed by atoms with Crippen molar-refractivity contribution in [1.29, 1.82) is 0 Å². The molecule has 0 aliphatic heterocycles. The fraction of sp³-hybridized carbons (Fsp3) is 0.462. The van der Waals surface area contributed by atoms with Gasteiger partial charge in [0.15, 0.2) is 0 Å². The van der Waals surface area contributed by atoms with Crippen LogP contribution in [0.3, 0.4) is 0 Å². The maximum Gasteiger partial charge on any atom is 0.335 e. The lowest BCUT2D eigenvalue weighted by Crippen LogP contribution is -2.25. The standard InChI is InChI=1S/C13H20N2O3/c1-9(2)18-7-6-15(3)12-8-10(13(16)17)4-5-11(12)14/h4-5,8-9H,6-7,14H2,1-3H3,(H,16,17). The van der Waals surface area contributed by atoms with E-state index in [1.54, 1.807) is 12.1 Å². The number of nitrogen functional groups attached to an aromatic ring is 1. The van der Waals surface area contributed by atoms with Gasteiger partial charge in [-0.15, -0.1) is 0 Å². The van der Waals surface area contributed by atoms with E-state index in [-0.39, 0.29) is 11.7 Å². The van der Waals surface area contributed by atoms with Crippen LogP contribution in [-0.4, -0.2) is 37.4 Å².